The normalized spacial score (nSPS) is 14.9. The number of amides is 1. The van der Waals surface area contributed by atoms with Gasteiger partial charge in [-0.05, 0) is 25.8 Å². The highest BCUT2D eigenvalue weighted by molar-refractivity contribution is 8.02. The molecular formula is C14H15N5O3S2. The van der Waals surface area contributed by atoms with E-state index in [9.17, 15) is 14.9 Å². The Kier molecular flexibility index (Phi) is 4.95. The van der Waals surface area contributed by atoms with Crippen molar-refractivity contribution < 1.29 is 9.72 Å². The standard InChI is InChI=1S/C14H15N5O3S2/c1-8(23-14-18-17-13(24-14)15-9-6-7-9)12(20)16-10-4-2-3-5-11(10)19(21)22/h2-5,8-9H,6-7H2,1H3,(H,15,17)(H,16,20)/t8-/m1/s1. The number of nitrogens with zero attached hydrogens (tertiary/aromatic N) is 3. The van der Waals surface area contributed by atoms with E-state index in [1.54, 1.807) is 19.1 Å². The molecule has 1 saturated carbocycles. The van der Waals surface area contributed by atoms with Crippen molar-refractivity contribution in [1.82, 2.24) is 10.2 Å². The van der Waals surface area contributed by atoms with Crippen LogP contribution in [0.4, 0.5) is 16.5 Å². The SMILES string of the molecule is C[C@@H](Sc1nnc(NC2CC2)s1)C(=O)Nc1ccccc1[N+](=O)[O-]. The first kappa shape index (κ1) is 16.7. The van der Waals surface area contributed by atoms with E-state index < -0.39 is 10.2 Å². The van der Waals surface area contributed by atoms with E-state index in [-0.39, 0.29) is 17.3 Å². The third-order valence-electron chi connectivity index (χ3n) is 3.32. The Morgan fingerprint density at radius 3 is 2.88 bits per heavy atom. The van der Waals surface area contributed by atoms with Gasteiger partial charge in [0.15, 0.2) is 4.34 Å². The van der Waals surface area contributed by atoms with Crippen molar-refractivity contribution in [2.45, 2.75) is 35.4 Å². The van der Waals surface area contributed by atoms with Crippen LogP contribution in [0, 0.1) is 10.1 Å². The van der Waals surface area contributed by atoms with Gasteiger partial charge in [0.2, 0.25) is 11.0 Å². The minimum atomic E-state index is -0.520. The van der Waals surface area contributed by atoms with Crippen molar-refractivity contribution in [2.24, 2.45) is 0 Å². The molecule has 1 heterocycles. The fourth-order valence-electron chi connectivity index (χ4n) is 1.90. The monoisotopic (exact) mass is 365 g/mol. The Hall–Kier alpha value is -2.20. The average Bonchev–Trinajstić information content (AvgIpc) is 3.26. The molecular weight excluding hydrogens is 350 g/mol. The number of thioether (sulfide) groups is 1. The third kappa shape index (κ3) is 4.20. The molecule has 0 spiro atoms. The fraction of sp³-hybridized carbons (Fsp3) is 0.357. The van der Waals surface area contributed by atoms with E-state index in [0.29, 0.717) is 10.4 Å². The van der Waals surface area contributed by atoms with E-state index in [1.165, 1.54) is 35.2 Å². The Morgan fingerprint density at radius 1 is 1.42 bits per heavy atom. The van der Waals surface area contributed by atoms with Crippen LogP contribution in [0.2, 0.25) is 0 Å². The summed E-state index contributed by atoms with van der Waals surface area (Å²) >= 11 is 2.68. The van der Waals surface area contributed by atoms with Gasteiger partial charge < -0.3 is 10.6 Å². The molecule has 1 aliphatic carbocycles. The summed E-state index contributed by atoms with van der Waals surface area (Å²) in [6.07, 6.45) is 2.30. The number of nitrogens with one attached hydrogen (secondary N) is 2. The van der Waals surface area contributed by atoms with Crippen LogP contribution in [0.1, 0.15) is 19.8 Å². The molecule has 1 fully saturated rings. The van der Waals surface area contributed by atoms with Crippen LogP contribution in [-0.2, 0) is 4.79 Å². The first-order chi connectivity index (χ1) is 11.5. The lowest BCUT2D eigenvalue weighted by Crippen LogP contribution is -2.22. The van der Waals surface area contributed by atoms with Gasteiger partial charge in [-0.2, -0.15) is 0 Å². The summed E-state index contributed by atoms with van der Waals surface area (Å²) < 4.78 is 0.684. The van der Waals surface area contributed by atoms with Gasteiger partial charge in [0, 0.05) is 12.1 Å². The van der Waals surface area contributed by atoms with Crippen molar-refractivity contribution >= 4 is 45.5 Å². The maximum Gasteiger partial charge on any atom is 0.292 e. The summed E-state index contributed by atoms with van der Waals surface area (Å²) in [6, 6.07) is 6.56. The smallest absolute Gasteiger partial charge is 0.292 e. The van der Waals surface area contributed by atoms with Gasteiger partial charge in [0.1, 0.15) is 5.69 Å². The van der Waals surface area contributed by atoms with Crippen LogP contribution in [-0.4, -0.2) is 32.3 Å². The molecule has 0 aliphatic heterocycles. The van der Waals surface area contributed by atoms with Crippen LogP contribution < -0.4 is 10.6 Å². The van der Waals surface area contributed by atoms with Crippen molar-refractivity contribution in [3.63, 3.8) is 0 Å². The molecule has 126 valence electrons. The number of anilines is 2. The van der Waals surface area contributed by atoms with Crippen LogP contribution in [0.15, 0.2) is 28.6 Å². The Morgan fingerprint density at radius 2 is 2.17 bits per heavy atom. The number of nitro benzene ring substituents is 1. The molecule has 0 saturated heterocycles. The van der Waals surface area contributed by atoms with Crippen molar-refractivity contribution in [1.29, 1.82) is 0 Å². The van der Waals surface area contributed by atoms with Crippen LogP contribution in [0.25, 0.3) is 0 Å². The fourth-order valence-corrected chi connectivity index (χ4v) is 3.87. The molecule has 10 heteroatoms. The lowest BCUT2D eigenvalue weighted by Gasteiger charge is -2.10. The summed E-state index contributed by atoms with van der Waals surface area (Å²) in [4.78, 5) is 22.7. The van der Waals surface area contributed by atoms with E-state index in [1.807, 2.05) is 0 Å². The molecule has 0 unspecified atom stereocenters. The van der Waals surface area contributed by atoms with Crippen LogP contribution in [0.5, 0.6) is 0 Å². The zero-order valence-electron chi connectivity index (χ0n) is 12.8. The second kappa shape index (κ2) is 7.14. The molecule has 8 nitrogen and oxygen atoms in total. The number of para-hydroxylation sites is 2. The van der Waals surface area contributed by atoms with E-state index in [4.69, 9.17) is 0 Å². The molecule has 2 N–H and O–H groups in total. The van der Waals surface area contributed by atoms with Gasteiger partial charge in [-0.1, -0.05) is 35.2 Å². The Labute approximate surface area is 146 Å². The topological polar surface area (TPSA) is 110 Å². The second-order valence-electron chi connectivity index (χ2n) is 5.32. The van der Waals surface area contributed by atoms with E-state index in [0.717, 1.165) is 18.0 Å². The molecule has 24 heavy (non-hydrogen) atoms. The number of aromatic nitrogens is 2. The summed E-state index contributed by atoms with van der Waals surface area (Å²) in [5.74, 6) is -0.318. The van der Waals surface area contributed by atoms with E-state index in [2.05, 4.69) is 20.8 Å². The van der Waals surface area contributed by atoms with Crippen LogP contribution >= 0.6 is 23.1 Å². The van der Waals surface area contributed by atoms with Gasteiger partial charge >= 0.3 is 0 Å². The minimum absolute atomic E-state index is 0.130. The molecule has 3 rings (SSSR count). The highest BCUT2D eigenvalue weighted by Gasteiger charge is 2.24. The third-order valence-corrected chi connectivity index (χ3v) is 5.36. The first-order valence-corrected chi connectivity index (χ1v) is 9.03. The number of hydrogen-bond acceptors (Lipinski definition) is 8. The molecule has 0 radical (unpaired) electrons. The zero-order valence-corrected chi connectivity index (χ0v) is 14.4. The number of benzene rings is 1. The summed E-state index contributed by atoms with van der Waals surface area (Å²) in [5.41, 5.74) is 0.0585. The molecule has 1 aromatic carbocycles. The molecule has 1 aromatic heterocycles. The quantitative estimate of drug-likeness (QED) is 0.440. The number of carbonyl (C=O) groups is 1. The van der Waals surface area contributed by atoms with E-state index >= 15 is 0 Å². The number of rotatable bonds is 7. The maximum atomic E-state index is 12.3. The van der Waals surface area contributed by atoms with Gasteiger partial charge in [0.05, 0.1) is 10.2 Å². The lowest BCUT2D eigenvalue weighted by atomic mass is 10.2. The minimum Gasteiger partial charge on any atom is -0.357 e. The van der Waals surface area contributed by atoms with Gasteiger partial charge in [-0.25, -0.2) is 0 Å². The number of carbonyl (C=O) groups excluding carboxylic acids is 1. The molecule has 1 aliphatic rings. The highest BCUT2D eigenvalue weighted by atomic mass is 32.2. The Bertz CT molecular complexity index is 762. The van der Waals surface area contributed by atoms with Crippen molar-refractivity contribution in [2.75, 3.05) is 10.6 Å². The number of hydrogen-bond donors (Lipinski definition) is 2. The molecule has 0 bridgehead atoms. The zero-order chi connectivity index (χ0) is 17.1. The lowest BCUT2D eigenvalue weighted by molar-refractivity contribution is -0.383. The van der Waals surface area contributed by atoms with Gasteiger partial charge in [-0.15, -0.1) is 10.2 Å². The summed E-state index contributed by atoms with van der Waals surface area (Å²) in [6.45, 7) is 1.73. The van der Waals surface area contributed by atoms with Crippen molar-refractivity contribution in [3.05, 3.63) is 34.4 Å². The van der Waals surface area contributed by atoms with Gasteiger partial charge in [-0.3, -0.25) is 14.9 Å². The first-order valence-electron chi connectivity index (χ1n) is 7.34. The summed E-state index contributed by atoms with van der Waals surface area (Å²) in [5, 5.41) is 25.2. The molecule has 1 amide bonds. The Balaban J connectivity index is 1.60. The second-order valence-corrected chi connectivity index (χ2v) is 7.88. The highest BCUT2D eigenvalue weighted by Crippen LogP contribution is 2.32. The number of nitro groups is 1. The van der Waals surface area contributed by atoms with Crippen LogP contribution in [0.3, 0.4) is 0 Å². The van der Waals surface area contributed by atoms with Crippen molar-refractivity contribution in [3.8, 4) is 0 Å². The average molecular weight is 365 g/mol. The largest absolute Gasteiger partial charge is 0.357 e. The maximum absolute atomic E-state index is 12.3. The summed E-state index contributed by atoms with van der Waals surface area (Å²) in [7, 11) is 0. The predicted octanol–water partition coefficient (Wildman–Crippen LogP) is 3.14. The van der Waals surface area contributed by atoms with Gasteiger partial charge in [0.25, 0.3) is 5.69 Å². The molecule has 1 atom stereocenters. The predicted molar refractivity (Wildman–Crippen MR) is 93.6 cm³/mol. The molecule has 2 aromatic rings.